The minimum atomic E-state index is -0.749. The van der Waals surface area contributed by atoms with Gasteiger partial charge in [0.1, 0.15) is 0 Å². The zero-order chi connectivity index (χ0) is 14.6. The fraction of sp³-hybridized carbons (Fsp3) is 0.533. The second kappa shape index (κ2) is 6.53. The molecule has 0 radical (unpaired) electrons. The third kappa shape index (κ3) is 5.33. The average Bonchev–Trinajstić information content (AvgIpc) is 2.27. The highest BCUT2D eigenvalue weighted by molar-refractivity contribution is 9.10. The van der Waals surface area contributed by atoms with Crippen molar-refractivity contribution in [3.8, 4) is 0 Å². The summed E-state index contributed by atoms with van der Waals surface area (Å²) in [5, 5.41) is 8.84. The smallest absolute Gasteiger partial charge is 0.304 e. The van der Waals surface area contributed by atoms with Gasteiger partial charge >= 0.3 is 5.97 Å². The Morgan fingerprint density at radius 1 is 1.37 bits per heavy atom. The lowest BCUT2D eigenvalue weighted by atomic mass is 10.0. The molecule has 0 fully saturated rings. The molecule has 0 saturated carbocycles. The van der Waals surface area contributed by atoms with Crippen LogP contribution in [0.25, 0.3) is 0 Å². The maximum Gasteiger partial charge on any atom is 0.304 e. The van der Waals surface area contributed by atoms with E-state index in [1.165, 1.54) is 11.1 Å². The van der Waals surface area contributed by atoms with E-state index in [-0.39, 0.29) is 12.0 Å². The third-order valence-corrected chi connectivity index (χ3v) is 4.03. The summed E-state index contributed by atoms with van der Waals surface area (Å²) in [6.07, 6.45) is 0.173. The maximum atomic E-state index is 10.7. The number of halogens is 1. The molecule has 0 aliphatic rings. The number of hydrogen-bond donors (Lipinski definition) is 1. The van der Waals surface area contributed by atoms with Crippen molar-refractivity contribution in [2.24, 2.45) is 0 Å². The first-order chi connectivity index (χ1) is 8.70. The standard InChI is InChI=1S/C15H22BrNO2/c1-11-9-12(5-6-13(11)16)10-17(15(2,3)4)8-7-14(18)19/h5-6,9H,7-8,10H2,1-4H3,(H,18,19). The molecule has 4 heteroatoms. The topological polar surface area (TPSA) is 40.5 Å². The number of carbonyl (C=O) groups is 1. The van der Waals surface area contributed by atoms with Crippen LogP contribution in [0.1, 0.15) is 38.3 Å². The number of nitrogens with zero attached hydrogens (tertiary/aromatic N) is 1. The molecule has 3 nitrogen and oxygen atoms in total. The van der Waals surface area contributed by atoms with Crippen molar-refractivity contribution in [1.82, 2.24) is 4.90 Å². The van der Waals surface area contributed by atoms with E-state index in [9.17, 15) is 4.79 Å². The molecule has 0 unspecified atom stereocenters. The maximum absolute atomic E-state index is 10.7. The summed E-state index contributed by atoms with van der Waals surface area (Å²) in [6, 6.07) is 6.27. The lowest BCUT2D eigenvalue weighted by molar-refractivity contribution is -0.137. The molecule has 1 aromatic carbocycles. The summed E-state index contributed by atoms with van der Waals surface area (Å²) in [7, 11) is 0. The molecule has 19 heavy (non-hydrogen) atoms. The van der Waals surface area contributed by atoms with Crippen LogP contribution < -0.4 is 0 Å². The molecule has 0 bridgehead atoms. The van der Waals surface area contributed by atoms with Crippen LogP contribution in [0.2, 0.25) is 0 Å². The number of aryl methyl sites for hydroxylation is 1. The van der Waals surface area contributed by atoms with Crippen molar-refractivity contribution < 1.29 is 9.90 Å². The van der Waals surface area contributed by atoms with E-state index in [1.807, 2.05) is 6.07 Å². The van der Waals surface area contributed by atoms with Gasteiger partial charge in [0.05, 0.1) is 6.42 Å². The van der Waals surface area contributed by atoms with Gasteiger partial charge in [-0.05, 0) is 44.9 Å². The Bertz CT molecular complexity index is 452. The number of benzene rings is 1. The van der Waals surface area contributed by atoms with Gasteiger partial charge in [0.15, 0.2) is 0 Å². The summed E-state index contributed by atoms with van der Waals surface area (Å²) in [4.78, 5) is 12.9. The quantitative estimate of drug-likeness (QED) is 0.893. The SMILES string of the molecule is Cc1cc(CN(CCC(=O)O)C(C)(C)C)ccc1Br. The number of carboxylic acids is 1. The molecule has 1 rings (SSSR count). The van der Waals surface area contributed by atoms with E-state index >= 15 is 0 Å². The Morgan fingerprint density at radius 3 is 2.47 bits per heavy atom. The van der Waals surface area contributed by atoms with Crippen molar-refractivity contribution in [2.75, 3.05) is 6.54 Å². The van der Waals surface area contributed by atoms with E-state index in [0.717, 1.165) is 11.0 Å². The van der Waals surface area contributed by atoms with Crippen LogP contribution >= 0.6 is 15.9 Å². The van der Waals surface area contributed by atoms with E-state index < -0.39 is 5.97 Å². The molecule has 0 saturated heterocycles. The van der Waals surface area contributed by atoms with E-state index in [2.05, 4.69) is 60.7 Å². The molecule has 1 aromatic rings. The van der Waals surface area contributed by atoms with Crippen molar-refractivity contribution in [3.63, 3.8) is 0 Å². The largest absolute Gasteiger partial charge is 0.481 e. The van der Waals surface area contributed by atoms with E-state index in [4.69, 9.17) is 5.11 Å². The van der Waals surface area contributed by atoms with Gasteiger partial charge < -0.3 is 5.11 Å². The van der Waals surface area contributed by atoms with Crippen LogP contribution in [-0.2, 0) is 11.3 Å². The van der Waals surface area contributed by atoms with Crippen LogP contribution in [0.4, 0.5) is 0 Å². The van der Waals surface area contributed by atoms with Gasteiger partial charge in [-0.3, -0.25) is 9.69 Å². The summed E-state index contributed by atoms with van der Waals surface area (Å²) in [5.74, 6) is -0.749. The van der Waals surface area contributed by atoms with Gasteiger partial charge in [-0.1, -0.05) is 28.1 Å². The Balaban J connectivity index is 2.81. The molecule has 0 heterocycles. The predicted octanol–water partition coefficient (Wildman–Crippen LogP) is 3.83. The summed E-state index contributed by atoms with van der Waals surface area (Å²) < 4.78 is 1.10. The molecule has 0 spiro atoms. The summed E-state index contributed by atoms with van der Waals surface area (Å²) in [6.45, 7) is 9.73. The predicted molar refractivity (Wildman–Crippen MR) is 81.3 cm³/mol. The second-order valence-electron chi connectivity index (χ2n) is 5.82. The summed E-state index contributed by atoms with van der Waals surface area (Å²) in [5.41, 5.74) is 2.36. The molecule has 0 amide bonds. The van der Waals surface area contributed by atoms with Gasteiger partial charge in [0, 0.05) is 23.1 Å². The molecular weight excluding hydrogens is 306 g/mol. The van der Waals surface area contributed by atoms with Gasteiger partial charge in [-0.15, -0.1) is 0 Å². The van der Waals surface area contributed by atoms with Gasteiger partial charge in [0.2, 0.25) is 0 Å². The lowest BCUT2D eigenvalue weighted by Crippen LogP contribution is -2.42. The summed E-state index contributed by atoms with van der Waals surface area (Å²) >= 11 is 3.49. The molecule has 106 valence electrons. The highest BCUT2D eigenvalue weighted by Gasteiger charge is 2.22. The van der Waals surface area contributed by atoms with Crippen molar-refractivity contribution in [3.05, 3.63) is 33.8 Å². The van der Waals surface area contributed by atoms with Crippen LogP contribution in [-0.4, -0.2) is 28.1 Å². The van der Waals surface area contributed by atoms with Crippen molar-refractivity contribution >= 4 is 21.9 Å². The Hall–Kier alpha value is -0.870. The van der Waals surface area contributed by atoms with Crippen LogP contribution in [0, 0.1) is 6.92 Å². The first-order valence-corrected chi connectivity index (χ1v) is 7.21. The molecule has 0 atom stereocenters. The van der Waals surface area contributed by atoms with Gasteiger partial charge in [0.25, 0.3) is 0 Å². The minimum Gasteiger partial charge on any atom is -0.481 e. The monoisotopic (exact) mass is 327 g/mol. The molecule has 0 aliphatic carbocycles. The first-order valence-electron chi connectivity index (χ1n) is 6.42. The number of aliphatic carboxylic acids is 1. The fourth-order valence-corrected chi connectivity index (χ4v) is 2.15. The Labute approximate surface area is 123 Å². The fourth-order valence-electron chi connectivity index (χ4n) is 1.91. The Kier molecular flexibility index (Phi) is 5.56. The van der Waals surface area contributed by atoms with Crippen LogP contribution in [0.3, 0.4) is 0 Å². The highest BCUT2D eigenvalue weighted by atomic mass is 79.9. The molecular formula is C15H22BrNO2. The highest BCUT2D eigenvalue weighted by Crippen LogP contribution is 2.21. The lowest BCUT2D eigenvalue weighted by Gasteiger charge is -2.35. The molecule has 1 N–H and O–H groups in total. The van der Waals surface area contributed by atoms with Crippen LogP contribution in [0.15, 0.2) is 22.7 Å². The molecule has 0 aliphatic heterocycles. The zero-order valence-electron chi connectivity index (χ0n) is 12.0. The number of hydrogen-bond acceptors (Lipinski definition) is 2. The average molecular weight is 328 g/mol. The van der Waals surface area contributed by atoms with Gasteiger partial charge in [-0.2, -0.15) is 0 Å². The van der Waals surface area contributed by atoms with Crippen molar-refractivity contribution in [1.29, 1.82) is 0 Å². The number of carboxylic acid groups (broad SMARTS) is 1. The van der Waals surface area contributed by atoms with E-state index in [0.29, 0.717) is 6.54 Å². The Morgan fingerprint density at radius 2 is 2.00 bits per heavy atom. The van der Waals surface area contributed by atoms with Gasteiger partial charge in [-0.25, -0.2) is 0 Å². The van der Waals surface area contributed by atoms with Crippen LogP contribution in [0.5, 0.6) is 0 Å². The number of rotatable bonds is 5. The minimum absolute atomic E-state index is 0.0452. The molecule has 0 aromatic heterocycles. The normalized spacial score (nSPS) is 11.9. The van der Waals surface area contributed by atoms with Crippen molar-refractivity contribution in [2.45, 2.75) is 46.2 Å². The third-order valence-electron chi connectivity index (χ3n) is 3.14. The second-order valence-corrected chi connectivity index (χ2v) is 6.67. The zero-order valence-corrected chi connectivity index (χ0v) is 13.6. The van der Waals surface area contributed by atoms with E-state index in [1.54, 1.807) is 0 Å². The first kappa shape index (κ1) is 16.2.